The topological polar surface area (TPSA) is 92.7 Å². The molecule has 2 N–H and O–H groups in total. The van der Waals surface area contributed by atoms with E-state index in [9.17, 15) is 13.0 Å². The van der Waals surface area contributed by atoms with Crippen molar-refractivity contribution >= 4 is 10.1 Å². The van der Waals surface area contributed by atoms with Crippen molar-refractivity contribution < 1.29 is 47.6 Å². The van der Waals surface area contributed by atoms with E-state index in [2.05, 4.69) is 5.32 Å². The van der Waals surface area contributed by atoms with Crippen molar-refractivity contribution in [2.75, 3.05) is 32.8 Å². The van der Waals surface area contributed by atoms with Gasteiger partial charge >= 0.3 is 29.6 Å². The number of aliphatic hydroxyl groups is 1. The van der Waals surface area contributed by atoms with Crippen molar-refractivity contribution in [3.63, 3.8) is 0 Å². The number of hydrogen-bond donors (Lipinski definition) is 2. The summed E-state index contributed by atoms with van der Waals surface area (Å²) < 4.78 is 33.6. The average Bonchev–Trinajstić information content (AvgIpc) is 2.18. The van der Waals surface area contributed by atoms with E-state index in [1.54, 1.807) is 4.90 Å². The van der Waals surface area contributed by atoms with Crippen molar-refractivity contribution in [2.45, 2.75) is 18.2 Å². The Bertz CT molecular complexity index is 305. The first kappa shape index (κ1) is 16.8. The Balaban J connectivity index is 0.00000225. The van der Waals surface area contributed by atoms with Gasteiger partial charge in [-0.2, -0.15) is 0 Å². The number of piperazine rings is 1. The SMILES string of the molecule is CC(CCO)(N1CCNCC1)S(=O)(=O)[O-].[Na+]. The minimum atomic E-state index is -4.44. The third kappa shape index (κ3) is 3.64. The van der Waals surface area contributed by atoms with E-state index in [0.717, 1.165) is 0 Å². The zero-order chi connectivity index (χ0) is 11.5. The quantitative estimate of drug-likeness (QED) is 0.391. The van der Waals surface area contributed by atoms with Crippen molar-refractivity contribution in [1.29, 1.82) is 0 Å². The summed E-state index contributed by atoms with van der Waals surface area (Å²) in [5.74, 6) is 0. The van der Waals surface area contributed by atoms with Gasteiger partial charge in [0.1, 0.15) is 15.0 Å². The van der Waals surface area contributed by atoms with Gasteiger partial charge in [0.25, 0.3) is 0 Å². The maximum Gasteiger partial charge on any atom is 1.00 e. The van der Waals surface area contributed by atoms with E-state index < -0.39 is 15.0 Å². The standard InChI is InChI=1S/C8H18N2O4S.Na/c1-8(2-7-11,15(12,13)14)10-5-3-9-4-6-10;/h9,11H,2-7H2,1H3,(H,12,13,14);/q;+1/p-1. The van der Waals surface area contributed by atoms with Gasteiger partial charge in [-0.25, -0.2) is 8.42 Å². The first-order chi connectivity index (χ1) is 6.92. The van der Waals surface area contributed by atoms with E-state index >= 15 is 0 Å². The molecule has 0 amide bonds. The Morgan fingerprint density at radius 3 is 2.31 bits per heavy atom. The summed E-state index contributed by atoms with van der Waals surface area (Å²) in [5, 5.41) is 11.9. The molecule has 16 heavy (non-hydrogen) atoms. The normalized spacial score (nSPS) is 22.2. The van der Waals surface area contributed by atoms with Crippen LogP contribution in [0.2, 0.25) is 0 Å². The number of nitrogens with zero attached hydrogens (tertiary/aromatic N) is 1. The van der Waals surface area contributed by atoms with Crippen LogP contribution in [0.25, 0.3) is 0 Å². The van der Waals surface area contributed by atoms with Crippen LogP contribution in [-0.2, 0) is 10.1 Å². The molecule has 1 unspecified atom stereocenters. The average molecular weight is 260 g/mol. The molecule has 1 aliphatic heterocycles. The van der Waals surface area contributed by atoms with E-state index in [1.165, 1.54) is 6.92 Å². The molecule has 0 radical (unpaired) electrons. The van der Waals surface area contributed by atoms with Crippen LogP contribution in [0.5, 0.6) is 0 Å². The van der Waals surface area contributed by atoms with Crippen molar-refractivity contribution in [2.24, 2.45) is 0 Å². The van der Waals surface area contributed by atoms with Gasteiger partial charge in [0.05, 0.1) is 0 Å². The van der Waals surface area contributed by atoms with Crippen LogP contribution < -0.4 is 34.9 Å². The van der Waals surface area contributed by atoms with Crippen molar-refractivity contribution in [3.8, 4) is 0 Å². The van der Waals surface area contributed by atoms with Gasteiger partial charge in [0.15, 0.2) is 0 Å². The molecule has 1 atom stereocenters. The Morgan fingerprint density at radius 2 is 1.94 bits per heavy atom. The van der Waals surface area contributed by atoms with Gasteiger partial charge in [-0.05, 0) is 6.92 Å². The third-order valence-corrected chi connectivity index (χ3v) is 4.44. The molecule has 1 heterocycles. The minimum Gasteiger partial charge on any atom is -0.747 e. The van der Waals surface area contributed by atoms with E-state index in [4.69, 9.17) is 5.11 Å². The smallest absolute Gasteiger partial charge is 0.747 e. The minimum absolute atomic E-state index is 0. The molecular formula is C8H17N2NaO4S. The van der Waals surface area contributed by atoms with Gasteiger partial charge in [-0.3, -0.25) is 4.90 Å². The predicted octanol–water partition coefficient (Wildman–Crippen LogP) is -4.46. The maximum absolute atomic E-state index is 11.2. The molecule has 1 rings (SSSR count). The molecule has 0 saturated carbocycles. The molecule has 90 valence electrons. The number of hydrogen-bond acceptors (Lipinski definition) is 6. The second-order valence-corrected chi connectivity index (χ2v) is 5.63. The second kappa shape index (κ2) is 6.65. The summed E-state index contributed by atoms with van der Waals surface area (Å²) in [7, 11) is -4.44. The van der Waals surface area contributed by atoms with Gasteiger partial charge in [-0.15, -0.1) is 0 Å². The second-order valence-electron chi connectivity index (χ2n) is 3.84. The molecule has 0 aliphatic carbocycles. The van der Waals surface area contributed by atoms with Gasteiger partial charge < -0.3 is 15.0 Å². The molecule has 0 aromatic heterocycles. The predicted molar refractivity (Wildman–Crippen MR) is 54.2 cm³/mol. The molecule has 0 spiro atoms. The van der Waals surface area contributed by atoms with E-state index in [0.29, 0.717) is 26.2 Å². The number of nitrogens with one attached hydrogen (secondary N) is 1. The number of aliphatic hydroxyl groups excluding tert-OH is 1. The van der Waals surface area contributed by atoms with Crippen molar-refractivity contribution in [3.05, 3.63) is 0 Å². The Morgan fingerprint density at radius 1 is 1.44 bits per heavy atom. The molecule has 1 fully saturated rings. The Hall–Kier alpha value is 0.790. The summed E-state index contributed by atoms with van der Waals surface area (Å²) in [5.41, 5.74) is 0. The van der Waals surface area contributed by atoms with Crippen LogP contribution in [0.4, 0.5) is 0 Å². The van der Waals surface area contributed by atoms with E-state index in [-0.39, 0.29) is 42.6 Å². The maximum atomic E-state index is 11.2. The fraction of sp³-hybridized carbons (Fsp3) is 1.00. The molecule has 0 aromatic carbocycles. The van der Waals surface area contributed by atoms with Gasteiger partial charge in [0.2, 0.25) is 0 Å². The molecule has 0 aromatic rings. The number of rotatable bonds is 4. The zero-order valence-electron chi connectivity index (χ0n) is 9.77. The van der Waals surface area contributed by atoms with Crippen LogP contribution in [0.1, 0.15) is 13.3 Å². The molecule has 1 aliphatic rings. The van der Waals surface area contributed by atoms with Crippen LogP contribution in [-0.4, -0.2) is 60.6 Å². The fourth-order valence-electron chi connectivity index (χ4n) is 1.79. The molecular weight excluding hydrogens is 243 g/mol. The summed E-state index contributed by atoms with van der Waals surface area (Å²) in [6, 6.07) is 0. The molecule has 8 heteroatoms. The molecule has 1 saturated heterocycles. The monoisotopic (exact) mass is 260 g/mol. The summed E-state index contributed by atoms with van der Waals surface area (Å²) in [6.07, 6.45) is -0.0428. The Kier molecular flexibility index (Phi) is 6.98. The molecule has 0 bridgehead atoms. The van der Waals surface area contributed by atoms with Gasteiger partial charge in [0, 0.05) is 39.2 Å². The molecule has 6 nitrogen and oxygen atoms in total. The van der Waals surface area contributed by atoms with Crippen LogP contribution in [0.15, 0.2) is 0 Å². The third-order valence-electron chi connectivity index (χ3n) is 2.90. The van der Waals surface area contributed by atoms with Crippen LogP contribution >= 0.6 is 0 Å². The first-order valence-corrected chi connectivity index (χ1v) is 6.35. The summed E-state index contributed by atoms with van der Waals surface area (Å²) in [4.78, 5) is 0.145. The largest absolute Gasteiger partial charge is 1.00 e. The first-order valence-electron chi connectivity index (χ1n) is 4.94. The van der Waals surface area contributed by atoms with E-state index in [1.807, 2.05) is 0 Å². The fourth-order valence-corrected chi connectivity index (χ4v) is 2.63. The Labute approximate surface area is 118 Å². The van der Waals surface area contributed by atoms with Gasteiger partial charge in [-0.1, -0.05) is 0 Å². The summed E-state index contributed by atoms with van der Waals surface area (Å²) in [6.45, 7) is 3.43. The van der Waals surface area contributed by atoms with Crippen molar-refractivity contribution in [1.82, 2.24) is 10.2 Å². The van der Waals surface area contributed by atoms with Crippen LogP contribution in [0.3, 0.4) is 0 Å². The van der Waals surface area contributed by atoms with Crippen LogP contribution in [0, 0.1) is 0 Å². The zero-order valence-corrected chi connectivity index (χ0v) is 12.6. The summed E-state index contributed by atoms with van der Waals surface area (Å²) >= 11 is 0.